The Balaban J connectivity index is 1.22. The van der Waals surface area contributed by atoms with Crippen molar-refractivity contribution in [3.63, 3.8) is 0 Å². The van der Waals surface area contributed by atoms with Crippen LogP contribution in [0.15, 0.2) is 79.4 Å². The molecule has 5 atom stereocenters. The van der Waals surface area contributed by atoms with Crippen LogP contribution in [0.25, 0.3) is 0 Å². The number of esters is 1. The molecule has 0 saturated heterocycles. The molecule has 0 radical (unpaired) electrons. The number of carbonyl (C=O) groups excluding carboxylic acids is 3. The average Bonchev–Trinajstić information content (AvgIpc) is 3.61. The zero-order chi connectivity index (χ0) is 41.9. The molecular weight excluding hydrogens is 793 g/mol. The van der Waals surface area contributed by atoms with Crippen LogP contribution in [0.4, 0.5) is 9.59 Å². The van der Waals surface area contributed by atoms with Gasteiger partial charge in [0.05, 0.1) is 50.0 Å². The zero-order valence-electron chi connectivity index (χ0n) is 33.0. The van der Waals surface area contributed by atoms with Gasteiger partial charge in [0.15, 0.2) is 11.2 Å². The van der Waals surface area contributed by atoms with Gasteiger partial charge >= 0.3 is 18.2 Å². The van der Waals surface area contributed by atoms with Crippen molar-refractivity contribution in [1.82, 2.24) is 10.8 Å². The zero-order valence-corrected chi connectivity index (χ0v) is 34.7. The normalized spacial score (nSPS) is 21.7. The molecule has 1 aliphatic heterocycles. The highest BCUT2D eigenvalue weighted by molar-refractivity contribution is 8.77. The molecule has 0 spiro atoms. The fourth-order valence-corrected chi connectivity index (χ4v) is 9.26. The number of ether oxygens (including phenoxy) is 7. The van der Waals surface area contributed by atoms with Crippen molar-refractivity contribution in [3.05, 3.63) is 96.1 Å². The van der Waals surface area contributed by atoms with Gasteiger partial charge in [-0.15, -0.1) is 5.48 Å². The molecule has 17 heteroatoms. The number of hydrogen-bond acceptors (Lipinski definition) is 16. The second kappa shape index (κ2) is 19.8. The summed E-state index contributed by atoms with van der Waals surface area (Å²) in [4.78, 5) is 41.9. The lowest BCUT2D eigenvalue weighted by Gasteiger charge is -2.40. The number of aliphatic hydroxyl groups is 2. The van der Waals surface area contributed by atoms with Crippen LogP contribution in [0.5, 0.6) is 23.0 Å². The van der Waals surface area contributed by atoms with Crippen molar-refractivity contribution in [2.45, 2.75) is 54.7 Å². The van der Waals surface area contributed by atoms with Crippen molar-refractivity contribution in [2.24, 2.45) is 5.92 Å². The Morgan fingerprint density at radius 3 is 2.40 bits per heavy atom. The highest BCUT2D eigenvalue weighted by Crippen LogP contribution is 2.70. The molecule has 1 aliphatic carbocycles. The SMILES string of the molecule is C=CCOC(=O)ONCSSC(C)(C)COC(=O)NCCCCOc1cc(OC)c2c(c1)O[C@]1(c3ccc(OC)cc3)[C@@H](c3ccccc3)[C@H](C(=O)OC)[C@H](O)[C@]21O. The minimum Gasteiger partial charge on any atom is -0.497 e. The van der Waals surface area contributed by atoms with E-state index in [2.05, 4.69) is 17.4 Å². The molecule has 1 heterocycles. The van der Waals surface area contributed by atoms with Gasteiger partial charge in [0.25, 0.3) is 0 Å². The first kappa shape index (κ1) is 44.3. The topological polar surface area (TPSA) is 190 Å². The van der Waals surface area contributed by atoms with Crippen LogP contribution in [0.2, 0.25) is 0 Å². The number of methoxy groups -OCH3 is 3. The van der Waals surface area contributed by atoms with Gasteiger partial charge in [0, 0.05) is 24.6 Å². The van der Waals surface area contributed by atoms with E-state index in [0.717, 1.165) is 0 Å². The first-order valence-electron chi connectivity index (χ1n) is 18.5. The van der Waals surface area contributed by atoms with E-state index in [4.69, 9.17) is 38.0 Å². The summed E-state index contributed by atoms with van der Waals surface area (Å²) < 4.78 is 39.1. The van der Waals surface area contributed by atoms with Crippen molar-refractivity contribution in [3.8, 4) is 23.0 Å². The fraction of sp³-hybridized carbons (Fsp3) is 0.439. The third-order valence-corrected chi connectivity index (χ3v) is 12.7. The molecule has 2 aliphatic rings. The molecule has 3 aromatic rings. The standard InChI is InChI=1S/C41H50N2O13S2/c1-7-20-53-38(47)56-43-25-57-58-39(2,3)24-54-37(46)42-19-11-12-21-52-29-22-30(50-5)34-31(23-29)55-41(27-15-17-28(49-4)18-16-27)33(26-13-9-8-10-14-26)32(36(45)51-6)35(44)40(34,41)48/h7-10,13-18,22-23,32-33,35,43-44,48H,1,11-12,19-21,24-25H2,2-6H3,(H,42,46)/t32-,33-,35-,40+,41+/m0/s1. The van der Waals surface area contributed by atoms with E-state index >= 15 is 0 Å². The average molecular weight is 843 g/mol. The summed E-state index contributed by atoms with van der Waals surface area (Å²) in [5.74, 6) is -1.19. The number of benzene rings is 3. The molecule has 4 N–H and O–H groups in total. The van der Waals surface area contributed by atoms with Gasteiger partial charge in [-0.05, 0) is 49.9 Å². The number of aliphatic hydroxyl groups excluding tert-OH is 1. The smallest absolute Gasteiger partial charge is 0.497 e. The third kappa shape index (κ3) is 9.39. The van der Waals surface area contributed by atoms with E-state index < -0.39 is 52.1 Å². The number of hydroxylamine groups is 1. The molecule has 1 amide bonds. The summed E-state index contributed by atoms with van der Waals surface area (Å²) in [6.45, 7) is 8.11. The lowest BCUT2D eigenvalue weighted by atomic mass is 9.70. The first-order chi connectivity index (χ1) is 27.9. The molecule has 0 bridgehead atoms. The van der Waals surface area contributed by atoms with E-state index in [-0.39, 0.29) is 36.9 Å². The van der Waals surface area contributed by atoms with Crippen molar-refractivity contribution >= 4 is 39.8 Å². The molecule has 1 saturated carbocycles. The monoisotopic (exact) mass is 842 g/mol. The summed E-state index contributed by atoms with van der Waals surface area (Å²) in [7, 11) is 7.06. The Kier molecular flexibility index (Phi) is 15.1. The summed E-state index contributed by atoms with van der Waals surface area (Å²) in [6, 6.07) is 19.3. The van der Waals surface area contributed by atoms with E-state index in [0.29, 0.717) is 47.9 Å². The summed E-state index contributed by atoms with van der Waals surface area (Å²) >= 11 is 0. The minimum absolute atomic E-state index is 0.0517. The van der Waals surface area contributed by atoms with Crippen LogP contribution in [-0.2, 0) is 35.0 Å². The highest BCUT2D eigenvalue weighted by atomic mass is 33.1. The van der Waals surface area contributed by atoms with Crippen LogP contribution in [0.1, 0.15) is 49.3 Å². The van der Waals surface area contributed by atoms with E-state index in [9.17, 15) is 24.6 Å². The van der Waals surface area contributed by atoms with Crippen molar-refractivity contribution in [2.75, 3.05) is 53.6 Å². The molecule has 3 aromatic carbocycles. The van der Waals surface area contributed by atoms with E-state index in [1.807, 2.05) is 44.2 Å². The van der Waals surface area contributed by atoms with Crippen molar-refractivity contribution < 1.29 is 62.6 Å². The van der Waals surface area contributed by atoms with Gasteiger partial charge < -0.3 is 53.5 Å². The number of carbonyl (C=O) groups is 3. The van der Waals surface area contributed by atoms with Gasteiger partial charge in [0.1, 0.15) is 42.3 Å². The summed E-state index contributed by atoms with van der Waals surface area (Å²) in [6.07, 6.45) is -0.493. The van der Waals surface area contributed by atoms with Gasteiger partial charge in [-0.25, -0.2) is 9.59 Å². The Hall–Kier alpha value is -4.81. The molecule has 1 fully saturated rings. The van der Waals surface area contributed by atoms with Gasteiger partial charge in [-0.3, -0.25) is 4.79 Å². The predicted molar refractivity (Wildman–Crippen MR) is 217 cm³/mol. The minimum atomic E-state index is -2.19. The summed E-state index contributed by atoms with van der Waals surface area (Å²) in [5, 5.41) is 27.9. The number of unbranched alkanes of at least 4 members (excludes halogenated alkanes) is 1. The maximum Gasteiger partial charge on any atom is 0.528 e. The van der Waals surface area contributed by atoms with Crippen molar-refractivity contribution in [1.29, 1.82) is 0 Å². The van der Waals surface area contributed by atoms with Crippen LogP contribution in [0, 0.1) is 5.92 Å². The maximum absolute atomic E-state index is 13.5. The third-order valence-electron chi connectivity index (χ3n) is 9.73. The lowest BCUT2D eigenvalue weighted by molar-refractivity contribution is -0.161. The Labute approximate surface area is 345 Å². The van der Waals surface area contributed by atoms with E-state index in [1.165, 1.54) is 41.9 Å². The second-order valence-electron chi connectivity index (χ2n) is 14.0. The van der Waals surface area contributed by atoms with Crippen LogP contribution in [-0.4, -0.2) is 92.9 Å². The lowest BCUT2D eigenvalue weighted by Crippen LogP contribution is -2.52. The van der Waals surface area contributed by atoms with Gasteiger partial charge in [-0.1, -0.05) is 76.7 Å². The first-order valence-corrected chi connectivity index (χ1v) is 20.8. The number of hydrogen-bond donors (Lipinski definition) is 4. The quantitative estimate of drug-likeness (QED) is 0.0198. The Morgan fingerprint density at radius 1 is 0.983 bits per heavy atom. The Bertz CT molecular complexity index is 1880. The number of rotatable bonds is 20. The molecule has 314 valence electrons. The number of nitrogens with one attached hydrogen (secondary N) is 2. The molecule has 15 nitrogen and oxygen atoms in total. The number of alkyl carbamates (subject to hydrolysis) is 1. The van der Waals surface area contributed by atoms with Gasteiger partial charge in [-0.2, -0.15) is 0 Å². The molecule has 58 heavy (non-hydrogen) atoms. The molecule has 0 unspecified atom stereocenters. The number of amides is 1. The summed E-state index contributed by atoms with van der Waals surface area (Å²) in [5.41, 5.74) is -0.116. The maximum atomic E-state index is 13.5. The van der Waals surface area contributed by atoms with Crippen LogP contribution < -0.4 is 29.7 Å². The molecule has 0 aromatic heterocycles. The fourth-order valence-electron chi connectivity index (χ4n) is 7.25. The molecular formula is C41H50N2O13S2. The highest BCUT2D eigenvalue weighted by Gasteiger charge is 2.78. The van der Waals surface area contributed by atoms with E-state index in [1.54, 1.807) is 43.5 Å². The predicted octanol–water partition coefficient (Wildman–Crippen LogP) is 5.97. The number of fused-ring (bicyclic) bond motifs is 3. The van der Waals surface area contributed by atoms with Gasteiger partial charge in [0.2, 0.25) is 0 Å². The molecule has 5 rings (SSSR count). The second-order valence-corrected chi connectivity index (χ2v) is 17.0. The largest absolute Gasteiger partial charge is 0.528 e. The Morgan fingerprint density at radius 2 is 1.72 bits per heavy atom. The van der Waals surface area contributed by atoms with Crippen LogP contribution >= 0.6 is 21.6 Å². The van der Waals surface area contributed by atoms with Crippen LogP contribution in [0.3, 0.4) is 0 Å².